The van der Waals surface area contributed by atoms with Gasteiger partial charge in [-0.15, -0.1) is 0 Å². The summed E-state index contributed by atoms with van der Waals surface area (Å²) in [6.07, 6.45) is 3.29. The van der Waals surface area contributed by atoms with Crippen LogP contribution in [-0.4, -0.2) is 36.0 Å². The first-order chi connectivity index (χ1) is 12.2. The van der Waals surface area contributed by atoms with Crippen LogP contribution in [0.1, 0.15) is 34.8 Å². The zero-order chi connectivity index (χ0) is 17.2. The lowest BCUT2D eigenvalue weighted by Gasteiger charge is -2.45. The molecule has 1 fully saturated rings. The Morgan fingerprint density at radius 3 is 2.72 bits per heavy atom. The van der Waals surface area contributed by atoms with Crippen LogP contribution in [0.15, 0.2) is 60.7 Å². The molecule has 1 saturated heterocycles. The van der Waals surface area contributed by atoms with Crippen LogP contribution < -0.4 is 0 Å². The highest BCUT2D eigenvalue weighted by Gasteiger charge is 2.34. The maximum Gasteiger partial charge on any atom is 0.159 e. The third kappa shape index (κ3) is 3.44. The van der Waals surface area contributed by atoms with Gasteiger partial charge in [-0.05, 0) is 36.1 Å². The van der Waals surface area contributed by atoms with E-state index in [0.29, 0.717) is 12.1 Å². The molecule has 2 bridgehead atoms. The molecule has 0 amide bonds. The van der Waals surface area contributed by atoms with E-state index < -0.39 is 0 Å². The second-order valence-corrected chi connectivity index (χ2v) is 6.95. The Kier molecular flexibility index (Phi) is 4.51. The molecule has 0 spiro atoms. The lowest BCUT2D eigenvalue weighted by atomic mass is 9.88. The first-order valence-corrected chi connectivity index (χ1v) is 8.90. The Hall–Kier alpha value is -2.23. The normalized spacial score (nSPS) is 23.2. The van der Waals surface area contributed by atoms with Gasteiger partial charge in [-0.25, -0.2) is 0 Å². The van der Waals surface area contributed by atoms with Crippen molar-refractivity contribution in [2.24, 2.45) is 0 Å². The number of carbonyl (C=O) groups is 1. The highest BCUT2D eigenvalue weighted by atomic mass is 16.5. The van der Waals surface area contributed by atoms with Crippen molar-refractivity contribution in [3.05, 3.63) is 77.4 Å². The first-order valence-electron chi connectivity index (χ1n) is 8.90. The van der Waals surface area contributed by atoms with Gasteiger partial charge in [-0.2, -0.15) is 0 Å². The summed E-state index contributed by atoms with van der Waals surface area (Å²) in [5, 5.41) is 0. The van der Waals surface area contributed by atoms with Crippen molar-refractivity contribution in [2.45, 2.75) is 32.0 Å². The number of ether oxygens (including phenoxy) is 1. The van der Waals surface area contributed by atoms with Crippen molar-refractivity contribution in [1.82, 2.24) is 4.90 Å². The molecule has 128 valence electrons. The standard InChI is InChI=1S/C22H23NO2/c1-16(24)18-8-5-9-19(10-18)20-11-21-14-25-15-22(12-20)23(21)13-17-6-3-2-4-7-17/h2-11,21-22H,12-15H2,1H3. The van der Waals surface area contributed by atoms with E-state index in [9.17, 15) is 4.79 Å². The highest BCUT2D eigenvalue weighted by molar-refractivity contribution is 5.95. The van der Waals surface area contributed by atoms with E-state index >= 15 is 0 Å². The Morgan fingerprint density at radius 1 is 1.12 bits per heavy atom. The van der Waals surface area contributed by atoms with Gasteiger partial charge in [0.2, 0.25) is 0 Å². The van der Waals surface area contributed by atoms with Gasteiger partial charge in [0.1, 0.15) is 0 Å². The summed E-state index contributed by atoms with van der Waals surface area (Å²) in [5.41, 5.74) is 4.64. The van der Waals surface area contributed by atoms with E-state index in [1.807, 2.05) is 18.2 Å². The van der Waals surface area contributed by atoms with E-state index in [1.54, 1.807) is 6.92 Å². The number of Topliss-reactive ketones (excluding diaryl/α,β-unsaturated/α-hetero) is 1. The van der Waals surface area contributed by atoms with E-state index in [4.69, 9.17) is 4.74 Å². The second-order valence-electron chi connectivity index (χ2n) is 6.95. The summed E-state index contributed by atoms with van der Waals surface area (Å²) in [6.45, 7) is 4.08. The number of ketones is 1. The predicted molar refractivity (Wildman–Crippen MR) is 99.4 cm³/mol. The first kappa shape index (κ1) is 16.2. The molecule has 2 atom stereocenters. The molecule has 25 heavy (non-hydrogen) atoms. The lowest BCUT2D eigenvalue weighted by molar-refractivity contribution is -0.0402. The maximum atomic E-state index is 11.7. The van der Waals surface area contributed by atoms with Crippen molar-refractivity contribution in [2.75, 3.05) is 13.2 Å². The molecule has 3 nitrogen and oxygen atoms in total. The molecule has 2 aliphatic rings. The van der Waals surface area contributed by atoms with E-state index in [2.05, 4.69) is 47.4 Å². The topological polar surface area (TPSA) is 29.5 Å². The minimum absolute atomic E-state index is 0.118. The van der Waals surface area contributed by atoms with Crippen molar-refractivity contribution in [1.29, 1.82) is 0 Å². The lowest BCUT2D eigenvalue weighted by Crippen LogP contribution is -2.53. The second kappa shape index (κ2) is 6.95. The van der Waals surface area contributed by atoms with Gasteiger partial charge in [0.05, 0.1) is 19.3 Å². The third-order valence-electron chi connectivity index (χ3n) is 5.19. The number of fused-ring (bicyclic) bond motifs is 2. The summed E-state index contributed by atoms with van der Waals surface area (Å²) >= 11 is 0. The quantitative estimate of drug-likeness (QED) is 0.794. The summed E-state index contributed by atoms with van der Waals surface area (Å²) < 4.78 is 5.81. The van der Waals surface area contributed by atoms with Crippen LogP contribution in [0.3, 0.4) is 0 Å². The van der Waals surface area contributed by atoms with Gasteiger partial charge in [0, 0.05) is 18.2 Å². The van der Waals surface area contributed by atoms with Gasteiger partial charge in [0.15, 0.2) is 5.78 Å². The smallest absolute Gasteiger partial charge is 0.159 e. The van der Waals surface area contributed by atoms with Crippen LogP contribution in [0, 0.1) is 0 Å². The zero-order valence-electron chi connectivity index (χ0n) is 14.5. The number of hydrogen-bond acceptors (Lipinski definition) is 3. The number of nitrogens with zero attached hydrogens (tertiary/aromatic N) is 1. The zero-order valence-corrected chi connectivity index (χ0v) is 14.5. The van der Waals surface area contributed by atoms with Crippen LogP contribution in [0.25, 0.3) is 5.57 Å². The SMILES string of the molecule is CC(=O)c1cccc(C2=CC3COCC(C2)N3Cc2ccccc2)c1. The molecule has 0 aromatic heterocycles. The Morgan fingerprint density at radius 2 is 1.96 bits per heavy atom. The fraction of sp³-hybridized carbons (Fsp3) is 0.318. The van der Waals surface area contributed by atoms with E-state index in [1.165, 1.54) is 16.7 Å². The Labute approximate surface area is 148 Å². The fourth-order valence-corrected chi connectivity index (χ4v) is 3.85. The fourth-order valence-electron chi connectivity index (χ4n) is 3.85. The number of carbonyl (C=O) groups excluding carboxylic acids is 1. The van der Waals surface area contributed by atoms with Crippen LogP contribution >= 0.6 is 0 Å². The number of rotatable bonds is 4. The van der Waals surface area contributed by atoms with Crippen LogP contribution in [-0.2, 0) is 11.3 Å². The molecule has 2 heterocycles. The molecule has 2 aromatic carbocycles. The van der Waals surface area contributed by atoms with Crippen molar-refractivity contribution < 1.29 is 9.53 Å². The summed E-state index contributed by atoms with van der Waals surface area (Å²) in [6, 6.07) is 19.3. The molecule has 0 aliphatic carbocycles. The third-order valence-corrected chi connectivity index (χ3v) is 5.19. The molecule has 2 unspecified atom stereocenters. The van der Waals surface area contributed by atoms with Gasteiger partial charge < -0.3 is 4.74 Å². The summed E-state index contributed by atoms with van der Waals surface area (Å²) in [4.78, 5) is 14.2. The van der Waals surface area contributed by atoms with Crippen LogP contribution in [0.5, 0.6) is 0 Å². The molecule has 2 aromatic rings. The van der Waals surface area contributed by atoms with Gasteiger partial charge in [-0.3, -0.25) is 9.69 Å². The average molecular weight is 333 g/mol. The van der Waals surface area contributed by atoms with Gasteiger partial charge >= 0.3 is 0 Å². The number of hydrogen-bond donors (Lipinski definition) is 0. The average Bonchev–Trinajstić information content (AvgIpc) is 2.62. The van der Waals surface area contributed by atoms with Crippen LogP contribution in [0.2, 0.25) is 0 Å². The number of morpholine rings is 1. The Bertz CT molecular complexity index is 797. The van der Waals surface area contributed by atoms with Gasteiger partial charge in [-0.1, -0.05) is 54.6 Å². The molecule has 0 saturated carbocycles. The monoisotopic (exact) mass is 333 g/mol. The molecular formula is C22H23NO2. The van der Waals surface area contributed by atoms with Crippen molar-refractivity contribution in [3.63, 3.8) is 0 Å². The molecule has 3 heteroatoms. The minimum atomic E-state index is 0.118. The number of benzene rings is 2. The van der Waals surface area contributed by atoms with E-state index in [0.717, 1.165) is 31.7 Å². The summed E-state index contributed by atoms with van der Waals surface area (Å²) in [5.74, 6) is 0.118. The highest BCUT2D eigenvalue weighted by Crippen LogP contribution is 2.33. The van der Waals surface area contributed by atoms with Crippen molar-refractivity contribution in [3.8, 4) is 0 Å². The molecule has 4 rings (SSSR count). The largest absolute Gasteiger partial charge is 0.378 e. The van der Waals surface area contributed by atoms with Gasteiger partial charge in [0.25, 0.3) is 0 Å². The predicted octanol–water partition coefficient (Wildman–Crippen LogP) is 3.95. The molecular weight excluding hydrogens is 310 g/mol. The molecule has 0 N–H and O–H groups in total. The summed E-state index contributed by atoms with van der Waals surface area (Å²) in [7, 11) is 0. The Balaban J connectivity index is 1.61. The minimum Gasteiger partial charge on any atom is -0.378 e. The van der Waals surface area contributed by atoms with Crippen LogP contribution in [0.4, 0.5) is 0 Å². The maximum absolute atomic E-state index is 11.7. The van der Waals surface area contributed by atoms with E-state index in [-0.39, 0.29) is 5.78 Å². The molecule has 0 radical (unpaired) electrons. The molecule has 2 aliphatic heterocycles. The van der Waals surface area contributed by atoms with Crippen molar-refractivity contribution >= 4 is 11.4 Å².